The Labute approximate surface area is 143 Å². The van der Waals surface area contributed by atoms with Gasteiger partial charge in [0.25, 0.3) is 0 Å². The number of amides is 1. The molecule has 0 bridgehead atoms. The number of benzene rings is 1. The molecule has 23 heavy (non-hydrogen) atoms. The van der Waals surface area contributed by atoms with Crippen molar-refractivity contribution in [2.45, 2.75) is 25.7 Å². The maximum atomic E-state index is 11.9. The van der Waals surface area contributed by atoms with Crippen molar-refractivity contribution >= 4 is 23.2 Å². The number of hydrogen-bond donors (Lipinski definition) is 3. The third-order valence-corrected chi connectivity index (χ3v) is 4.34. The summed E-state index contributed by atoms with van der Waals surface area (Å²) in [7, 11) is 1.61. The number of carbonyl (C=O) groups excluding carboxylic acids is 1. The topological polar surface area (TPSA) is 62.4 Å². The summed E-state index contributed by atoms with van der Waals surface area (Å²) in [6.07, 6.45) is 3.98. The molecule has 3 N–H and O–H groups in total. The van der Waals surface area contributed by atoms with E-state index < -0.39 is 0 Å². The summed E-state index contributed by atoms with van der Waals surface area (Å²) < 4.78 is 5.26. The number of nitrogens with one attached hydrogen (secondary N) is 3. The van der Waals surface area contributed by atoms with Gasteiger partial charge in [-0.25, -0.2) is 0 Å². The summed E-state index contributed by atoms with van der Waals surface area (Å²) in [5.41, 5.74) is 0.807. The molecule has 1 unspecified atom stereocenters. The normalized spacial score (nSPS) is 17.6. The molecule has 1 aromatic carbocycles. The minimum Gasteiger partial charge on any atom is -0.495 e. The largest absolute Gasteiger partial charge is 0.495 e. The van der Waals surface area contributed by atoms with Gasteiger partial charge in [-0.05, 0) is 56.5 Å². The molecular weight excluding hydrogens is 314 g/mol. The lowest BCUT2D eigenvalue weighted by Crippen LogP contribution is -2.33. The number of ether oxygens (including phenoxy) is 1. The van der Waals surface area contributed by atoms with Gasteiger partial charge in [0.1, 0.15) is 5.75 Å². The number of piperidine rings is 1. The van der Waals surface area contributed by atoms with E-state index >= 15 is 0 Å². The van der Waals surface area contributed by atoms with Crippen molar-refractivity contribution in [2.24, 2.45) is 5.92 Å². The minimum atomic E-state index is 0.0715. The summed E-state index contributed by atoms with van der Waals surface area (Å²) >= 11 is 5.98. The van der Waals surface area contributed by atoms with Crippen LogP contribution in [0.2, 0.25) is 5.02 Å². The maximum absolute atomic E-state index is 11.9. The van der Waals surface area contributed by atoms with Crippen LogP contribution >= 0.6 is 11.6 Å². The van der Waals surface area contributed by atoms with E-state index in [-0.39, 0.29) is 5.91 Å². The summed E-state index contributed by atoms with van der Waals surface area (Å²) in [5, 5.41) is 10.2. The van der Waals surface area contributed by atoms with Gasteiger partial charge < -0.3 is 20.7 Å². The molecule has 1 saturated heterocycles. The number of carbonyl (C=O) groups is 1. The summed E-state index contributed by atoms with van der Waals surface area (Å²) in [6, 6.07) is 5.38. The zero-order valence-corrected chi connectivity index (χ0v) is 14.4. The van der Waals surface area contributed by atoms with Crippen molar-refractivity contribution in [1.82, 2.24) is 10.6 Å². The highest BCUT2D eigenvalue weighted by molar-refractivity contribution is 6.30. The van der Waals surface area contributed by atoms with Gasteiger partial charge in [-0.15, -0.1) is 0 Å². The molecule has 0 radical (unpaired) electrons. The molecule has 1 fully saturated rings. The van der Waals surface area contributed by atoms with Crippen LogP contribution in [-0.2, 0) is 4.79 Å². The molecule has 1 aromatic rings. The van der Waals surface area contributed by atoms with Crippen molar-refractivity contribution in [3.05, 3.63) is 23.2 Å². The Balaban J connectivity index is 1.63. The van der Waals surface area contributed by atoms with Crippen molar-refractivity contribution in [3.63, 3.8) is 0 Å². The monoisotopic (exact) mass is 339 g/mol. The number of rotatable bonds is 8. The molecule has 1 heterocycles. The molecule has 5 nitrogen and oxygen atoms in total. The van der Waals surface area contributed by atoms with Gasteiger partial charge in [-0.2, -0.15) is 0 Å². The van der Waals surface area contributed by atoms with E-state index in [9.17, 15) is 4.79 Å². The molecule has 0 saturated carbocycles. The van der Waals surface area contributed by atoms with Crippen LogP contribution in [-0.4, -0.2) is 39.2 Å². The highest BCUT2D eigenvalue weighted by atomic mass is 35.5. The minimum absolute atomic E-state index is 0.0715. The number of anilines is 1. The van der Waals surface area contributed by atoms with Crippen molar-refractivity contribution in [2.75, 3.05) is 38.6 Å². The van der Waals surface area contributed by atoms with E-state index in [1.807, 2.05) is 6.07 Å². The molecule has 6 heteroatoms. The fourth-order valence-corrected chi connectivity index (χ4v) is 2.98. The van der Waals surface area contributed by atoms with Crippen molar-refractivity contribution in [1.29, 1.82) is 0 Å². The van der Waals surface area contributed by atoms with Gasteiger partial charge >= 0.3 is 0 Å². The van der Waals surface area contributed by atoms with Crippen LogP contribution in [0.15, 0.2) is 18.2 Å². The van der Waals surface area contributed by atoms with Crippen molar-refractivity contribution < 1.29 is 9.53 Å². The molecular formula is C17H26ClN3O2. The first-order chi connectivity index (χ1) is 11.2. The van der Waals surface area contributed by atoms with E-state index in [1.54, 1.807) is 19.2 Å². The lowest BCUT2D eigenvalue weighted by atomic mass is 9.96. The summed E-state index contributed by atoms with van der Waals surface area (Å²) in [5.74, 6) is 1.49. The van der Waals surface area contributed by atoms with Gasteiger partial charge in [0.05, 0.1) is 12.8 Å². The molecule has 2 rings (SSSR count). The summed E-state index contributed by atoms with van der Waals surface area (Å²) in [6.45, 7) is 3.51. The average Bonchev–Trinajstić information content (AvgIpc) is 2.56. The number of hydrogen-bond acceptors (Lipinski definition) is 4. The predicted octanol–water partition coefficient (Wildman–Crippen LogP) is 2.66. The van der Waals surface area contributed by atoms with Gasteiger partial charge in [-0.3, -0.25) is 4.79 Å². The Morgan fingerprint density at radius 2 is 2.30 bits per heavy atom. The van der Waals surface area contributed by atoms with Gasteiger partial charge in [0.15, 0.2) is 0 Å². The Morgan fingerprint density at radius 1 is 1.43 bits per heavy atom. The third-order valence-electron chi connectivity index (χ3n) is 4.10. The van der Waals surface area contributed by atoms with E-state index in [2.05, 4.69) is 16.0 Å². The third kappa shape index (κ3) is 6.28. The van der Waals surface area contributed by atoms with Gasteiger partial charge in [0, 0.05) is 24.5 Å². The standard InChI is InChI=1S/C17H26ClN3O2/c1-23-16-5-4-14(18)11-15(16)20-10-7-17(22)21-9-6-13-3-2-8-19-12-13/h4-5,11,13,19-20H,2-3,6-10,12H2,1H3,(H,21,22). The molecule has 128 valence electrons. The first-order valence-electron chi connectivity index (χ1n) is 8.24. The van der Waals surface area contributed by atoms with Crippen LogP contribution < -0.4 is 20.7 Å². The van der Waals surface area contributed by atoms with E-state index in [4.69, 9.17) is 16.3 Å². The van der Waals surface area contributed by atoms with Crippen LogP contribution in [0.4, 0.5) is 5.69 Å². The second kappa shape index (κ2) is 9.63. The summed E-state index contributed by atoms with van der Waals surface area (Å²) in [4.78, 5) is 11.9. The predicted molar refractivity (Wildman–Crippen MR) is 94.3 cm³/mol. The number of methoxy groups -OCH3 is 1. The fourth-order valence-electron chi connectivity index (χ4n) is 2.80. The second-order valence-electron chi connectivity index (χ2n) is 5.87. The molecule has 1 atom stereocenters. The Kier molecular flexibility index (Phi) is 7.49. The van der Waals surface area contributed by atoms with Crippen LogP contribution in [0.25, 0.3) is 0 Å². The van der Waals surface area contributed by atoms with Crippen LogP contribution in [0, 0.1) is 5.92 Å². The fraction of sp³-hybridized carbons (Fsp3) is 0.588. The lowest BCUT2D eigenvalue weighted by Gasteiger charge is -2.22. The smallest absolute Gasteiger partial charge is 0.221 e. The zero-order valence-electron chi connectivity index (χ0n) is 13.7. The zero-order chi connectivity index (χ0) is 16.5. The lowest BCUT2D eigenvalue weighted by molar-refractivity contribution is -0.120. The molecule has 0 spiro atoms. The maximum Gasteiger partial charge on any atom is 0.221 e. The van der Waals surface area contributed by atoms with Crippen LogP contribution in [0.3, 0.4) is 0 Å². The molecule has 1 amide bonds. The molecule has 1 aliphatic rings. The van der Waals surface area contributed by atoms with E-state index in [1.165, 1.54) is 12.8 Å². The Bertz CT molecular complexity index is 505. The van der Waals surface area contributed by atoms with Gasteiger partial charge in [0.2, 0.25) is 5.91 Å². The molecule has 1 aliphatic heterocycles. The molecule has 0 aliphatic carbocycles. The average molecular weight is 340 g/mol. The SMILES string of the molecule is COc1ccc(Cl)cc1NCCC(=O)NCCC1CCCNC1. The van der Waals surface area contributed by atoms with Crippen LogP contribution in [0.1, 0.15) is 25.7 Å². The Morgan fingerprint density at radius 3 is 3.04 bits per heavy atom. The highest BCUT2D eigenvalue weighted by Crippen LogP contribution is 2.27. The molecule has 0 aromatic heterocycles. The first kappa shape index (κ1) is 17.9. The van der Waals surface area contributed by atoms with E-state index in [0.717, 1.165) is 37.5 Å². The second-order valence-corrected chi connectivity index (χ2v) is 6.31. The first-order valence-corrected chi connectivity index (χ1v) is 8.61. The quantitative estimate of drug-likeness (QED) is 0.681. The van der Waals surface area contributed by atoms with Crippen LogP contribution in [0.5, 0.6) is 5.75 Å². The highest BCUT2D eigenvalue weighted by Gasteiger charge is 2.12. The van der Waals surface area contributed by atoms with Gasteiger partial charge in [-0.1, -0.05) is 11.6 Å². The van der Waals surface area contributed by atoms with E-state index in [0.29, 0.717) is 23.9 Å². The van der Waals surface area contributed by atoms with Crippen molar-refractivity contribution in [3.8, 4) is 5.75 Å². The number of halogens is 1. The Hall–Kier alpha value is -1.46.